The van der Waals surface area contributed by atoms with Gasteiger partial charge in [0.1, 0.15) is 17.6 Å². The smallest absolute Gasteiger partial charge is 0.253 e. The average Bonchev–Trinajstić information content (AvgIpc) is 3.43. The fraction of sp³-hybridized carbons (Fsp3) is 0.238. The molecule has 3 aromatic rings. The molecule has 1 aromatic carbocycles. The van der Waals surface area contributed by atoms with E-state index in [0.29, 0.717) is 17.9 Å². The number of amides is 1. The Morgan fingerprint density at radius 2 is 1.93 bits per heavy atom. The Hall–Kier alpha value is -2.73. The summed E-state index contributed by atoms with van der Waals surface area (Å²) in [6.45, 7) is 2.05. The van der Waals surface area contributed by atoms with Crippen molar-refractivity contribution < 1.29 is 13.6 Å². The van der Waals surface area contributed by atoms with E-state index in [1.807, 2.05) is 36.4 Å². The molecule has 0 radical (unpaired) electrons. The molecule has 2 aromatic heterocycles. The van der Waals surface area contributed by atoms with E-state index in [1.54, 1.807) is 17.5 Å². The number of hydrogen-bond donors (Lipinski definition) is 0. The van der Waals surface area contributed by atoms with Crippen molar-refractivity contribution >= 4 is 23.4 Å². The second kappa shape index (κ2) is 7.88. The Morgan fingerprint density at radius 1 is 1.15 bits per heavy atom. The first-order valence-electron chi connectivity index (χ1n) is 8.81. The lowest BCUT2D eigenvalue weighted by molar-refractivity contribution is -0.130. The monoisotopic (exact) mass is 380 g/mol. The number of carbonyl (C=O) groups excluding carboxylic acids is 1. The second-order valence-electron chi connectivity index (χ2n) is 6.46. The topological polar surface area (TPSA) is 59.0 Å². The van der Waals surface area contributed by atoms with E-state index < -0.39 is 0 Å². The first-order valence-corrected chi connectivity index (χ1v) is 9.96. The van der Waals surface area contributed by atoms with Crippen molar-refractivity contribution in [3.8, 4) is 0 Å². The normalized spacial score (nSPS) is 16.6. The lowest BCUT2D eigenvalue weighted by Gasteiger charge is -2.19. The predicted molar refractivity (Wildman–Crippen MR) is 105 cm³/mol. The number of thioether (sulfide) groups is 1. The van der Waals surface area contributed by atoms with Crippen LogP contribution in [0.25, 0.3) is 0 Å². The van der Waals surface area contributed by atoms with Crippen LogP contribution < -0.4 is 0 Å². The quantitative estimate of drug-likeness (QED) is 0.617. The molecule has 1 amide bonds. The standard InChI is InChI=1S/C21H20N2O3S/c1-15-6-8-16(9-7-15)18-12-19(20-5-3-11-26-20)23(22-18)21(24)14-27-13-17-4-2-10-25-17/h2-11,19H,12-14H2,1H3. The summed E-state index contributed by atoms with van der Waals surface area (Å²) in [4.78, 5) is 12.8. The van der Waals surface area contributed by atoms with Crippen LogP contribution >= 0.6 is 11.8 Å². The van der Waals surface area contributed by atoms with Crippen molar-refractivity contribution in [3.05, 3.63) is 83.7 Å². The molecule has 0 bridgehead atoms. The largest absolute Gasteiger partial charge is 0.468 e. The molecule has 0 fully saturated rings. The van der Waals surface area contributed by atoms with Crippen molar-refractivity contribution in [1.29, 1.82) is 0 Å². The molecular weight excluding hydrogens is 360 g/mol. The Labute approximate surface area is 162 Å². The molecule has 0 spiro atoms. The summed E-state index contributed by atoms with van der Waals surface area (Å²) in [5, 5.41) is 6.22. The van der Waals surface area contributed by atoms with Gasteiger partial charge in [-0.15, -0.1) is 11.8 Å². The molecule has 5 nitrogen and oxygen atoms in total. The molecule has 1 aliphatic heterocycles. The number of aryl methyl sites for hydroxylation is 1. The van der Waals surface area contributed by atoms with Crippen molar-refractivity contribution in [2.75, 3.05) is 5.75 Å². The van der Waals surface area contributed by atoms with Crippen LogP contribution in [0.5, 0.6) is 0 Å². The summed E-state index contributed by atoms with van der Waals surface area (Å²) >= 11 is 1.52. The molecule has 1 aliphatic rings. The minimum absolute atomic E-state index is 0.0323. The van der Waals surface area contributed by atoms with Gasteiger partial charge in [-0.3, -0.25) is 4.79 Å². The van der Waals surface area contributed by atoms with Gasteiger partial charge in [-0.05, 0) is 36.8 Å². The highest BCUT2D eigenvalue weighted by Gasteiger charge is 2.34. The summed E-state index contributed by atoms with van der Waals surface area (Å²) in [5.41, 5.74) is 3.14. The van der Waals surface area contributed by atoms with Crippen LogP contribution in [-0.4, -0.2) is 22.4 Å². The highest BCUT2D eigenvalue weighted by atomic mass is 32.2. The van der Waals surface area contributed by atoms with Crippen LogP contribution in [-0.2, 0) is 10.5 Å². The van der Waals surface area contributed by atoms with Gasteiger partial charge in [-0.25, -0.2) is 5.01 Å². The Kier molecular flexibility index (Phi) is 5.16. The number of benzene rings is 1. The molecule has 27 heavy (non-hydrogen) atoms. The number of carbonyl (C=O) groups is 1. The molecule has 1 unspecified atom stereocenters. The maximum absolute atomic E-state index is 12.8. The van der Waals surface area contributed by atoms with Gasteiger partial charge in [-0.1, -0.05) is 29.8 Å². The Bertz CT molecular complexity index is 915. The fourth-order valence-corrected chi connectivity index (χ4v) is 3.84. The summed E-state index contributed by atoms with van der Waals surface area (Å²) < 4.78 is 10.9. The third kappa shape index (κ3) is 4.01. The summed E-state index contributed by atoms with van der Waals surface area (Å²) in [6, 6.07) is 15.5. The van der Waals surface area contributed by atoms with Gasteiger partial charge in [0.15, 0.2) is 0 Å². The van der Waals surface area contributed by atoms with E-state index >= 15 is 0 Å². The van der Waals surface area contributed by atoms with Gasteiger partial charge in [0, 0.05) is 6.42 Å². The molecule has 138 valence electrons. The molecule has 0 saturated carbocycles. The molecule has 3 heterocycles. The van der Waals surface area contributed by atoms with Crippen LogP contribution in [0.1, 0.15) is 35.1 Å². The van der Waals surface area contributed by atoms with E-state index in [1.165, 1.54) is 17.3 Å². The van der Waals surface area contributed by atoms with E-state index in [2.05, 4.69) is 24.2 Å². The van der Waals surface area contributed by atoms with Crippen molar-refractivity contribution in [1.82, 2.24) is 5.01 Å². The van der Waals surface area contributed by atoms with Crippen LogP contribution in [0.3, 0.4) is 0 Å². The first-order chi connectivity index (χ1) is 13.2. The summed E-state index contributed by atoms with van der Waals surface area (Å²) in [5.74, 6) is 2.58. The lowest BCUT2D eigenvalue weighted by Crippen LogP contribution is -2.28. The summed E-state index contributed by atoms with van der Waals surface area (Å²) in [7, 11) is 0. The Balaban J connectivity index is 1.50. The van der Waals surface area contributed by atoms with Crippen molar-refractivity contribution in [2.45, 2.75) is 25.1 Å². The highest BCUT2D eigenvalue weighted by Crippen LogP contribution is 2.33. The molecule has 0 saturated heterocycles. The van der Waals surface area contributed by atoms with Gasteiger partial charge in [-0.2, -0.15) is 5.10 Å². The van der Waals surface area contributed by atoms with Crippen LogP contribution in [0.4, 0.5) is 0 Å². The minimum Gasteiger partial charge on any atom is -0.468 e. The van der Waals surface area contributed by atoms with E-state index in [9.17, 15) is 4.79 Å². The second-order valence-corrected chi connectivity index (χ2v) is 7.44. The third-order valence-corrected chi connectivity index (χ3v) is 5.41. The number of rotatable bonds is 6. The van der Waals surface area contributed by atoms with Crippen LogP contribution in [0.15, 0.2) is 75.0 Å². The molecule has 6 heteroatoms. The van der Waals surface area contributed by atoms with Crippen molar-refractivity contribution in [3.63, 3.8) is 0 Å². The van der Waals surface area contributed by atoms with Crippen LogP contribution in [0.2, 0.25) is 0 Å². The molecule has 4 rings (SSSR count). The molecule has 0 aliphatic carbocycles. The average molecular weight is 380 g/mol. The zero-order valence-electron chi connectivity index (χ0n) is 15.0. The molecule has 1 atom stereocenters. The van der Waals surface area contributed by atoms with Gasteiger partial charge in [0.05, 0.1) is 29.7 Å². The van der Waals surface area contributed by atoms with E-state index in [0.717, 1.165) is 22.8 Å². The zero-order chi connectivity index (χ0) is 18.6. The zero-order valence-corrected chi connectivity index (χ0v) is 15.8. The van der Waals surface area contributed by atoms with Crippen molar-refractivity contribution in [2.24, 2.45) is 5.10 Å². The Morgan fingerprint density at radius 3 is 2.63 bits per heavy atom. The van der Waals surface area contributed by atoms with Gasteiger partial charge in [0.25, 0.3) is 5.91 Å². The van der Waals surface area contributed by atoms with Crippen LogP contribution in [0, 0.1) is 6.92 Å². The number of hydrogen-bond acceptors (Lipinski definition) is 5. The lowest BCUT2D eigenvalue weighted by atomic mass is 10.0. The number of furan rings is 2. The van der Waals surface area contributed by atoms with Gasteiger partial charge < -0.3 is 8.83 Å². The minimum atomic E-state index is -0.201. The number of nitrogens with zero attached hydrogens (tertiary/aromatic N) is 2. The summed E-state index contributed by atoms with van der Waals surface area (Å²) in [6.07, 6.45) is 3.92. The molecule has 0 N–H and O–H groups in total. The SMILES string of the molecule is Cc1ccc(C2=NN(C(=O)CSCc3ccco3)C(c3ccco3)C2)cc1. The first kappa shape index (κ1) is 17.7. The van der Waals surface area contributed by atoms with E-state index in [-0.39, 0.29) is 11.9 Å². The maximum atomic E-state index is 12.8. The van der Waals surface area contributed by atoms with Gasteiger partial charge in [0.2, 0.25) is 0 Å². The molecular formula is C21H20N2O3S. The highest BCUT2D eigenvalue weighted by molar-refractivity contribution is 7.99. The maximum Gasteiger partial charge on any atom is 0.253 e. The fourth-order valence-electron chi connectivity index (χ4n) is 3.06. The van der Waals surface area contributed by atoms with Gasteiger partial charge >= 0.3 is 0 Å². The van der Waals surface area contributed by atoms with E-state index in [4.69, 9.17) is 8.83 Å². The predicted octanol–water partition coefficient (Wildman–Crippen LogP) is 4.79. The third-order valence-electron chi connectivity index (χ3n) is 4.47. The number of hydrazone groups is 1.